The first-order valence-corrected chi connectivity index (χ1v) is 4.87. The van der Waals surface area contributed by atoms with Gasteiger partial charge >= 0.3 is 0 Å². The second-order valence-corrected chi connectivity index (χ2v) is 3.18. The number of hydrogen-bond donors (Lipinski definition) is 1. The monoisotopic (exact) mass is 148 g/mol. The van der Waals surface area contributed by atoms with Crippen LogP contribution in [0.4, 0.5) is 0 Å². The summed E-state index contributed by atoms with van der Waals surface area (Å²) in [6.07, 6.45) is 5.05. The number of thioether (sulfide) groups is 1. The highest BCUT2D eigenvalue weighted by atomic mass is 32.2. The van der Waals surface area contributed by atoms with E-state index in [4.69, 9.17) is 5.11 Å². The lowest BCUT2D eigenvalue weighted by Crippen LogP contribution is -2.03. The van der Waals surface area contributed by atoms with Gasteiger partial charge in [0.1, 0.15) is 0 Å². The number of aliphatic hydroxyl groups excluding tert-OH is 1. The van der Waals surface area contributed by atoms with Gasteiger partial charge in [-0.2, -0.15) is 11.8 Å². The molecule has 0 heterocycles. The molecular formula is C7H16OS. The van der Waals surface area contributed by atoms with Gasteiger partial charge in [-0.3, -0.25) is 0 Å². The van der Waals surface area contributed by atoms with Crippen LogP contribution in [0.15, 0.2) is 0 Å². The maximum atomic E-state index is 9.08. The molecule has 1 atom stereocenters. The van der Waals surface area contributed by atoms with Gasteiger partial charge in [0.2, 0.25) is 0 Å². The van der Waals surface area contributed by atoms with E-state index in [0.29, 0.717) is 0 Å². The molecule has 0 amide bonds. The Morgan fingerprint density at radius 1 is 1.56 bits per heavy atom. The minimum absolute atomic E-state index is 0.0582. The molecule has 0 aromatic heterocycles. The Kier molecular flexibility index (Phi) is 6.65. The van der Waals surface area contributed by atoms with Gasteiger partial charge in [0.05, 0.1) is 6.10 Å². The summed E-state index contributed by atoms with van der Waals surface area (Å²) in [5, 5.41) is 9.08. The standard InChI is InChI=1S/C7H16OS/c1-3-7(8)5-4-6-9-2/h7-8H,3-6H2,1-2H3. The van der Waals surface area contributed by atoms with Gasteiger partial charge in [-0.05, 0) is 31.3 Å². The average Bonchev–Trinajstić information content (AvgIpc) is 1.89. The predicted octanol–water partition coefficient (Wildman–Crippen LogP) is 1.90. The zero-order chi connectivity index (χ0) is 7.11. The van der Waals surface area contributed by atoms with E-state index in [0.717, 1.165) is 19.3 Å². The molecular weight excluding hydrogens is 132 g/mol. The van der Waals surface area contributed by atoms with Crippen LogP contribution in [0.25, 0.3) is 0 Å². The van der Waals surface area contributed by atoms with E-state index < -0.39 is 0 Å². The van der Waals surface area contributed by atoms with Crippen molar-refractivity contribution in [2.45, 2.75) is 32.3 Å². The van der Waals surface area contributed by atoms with E-state index >= 15 is 0 Å². The predicted molar refractivity (Wildman–Crippen MR) is 43.9 cm³/mol. The van der Waals surface area contributed by atoms with Gasteiger partial charge in [-0.25, -0.2) is 0 Å². The fourth-order valence-corrected chi connectivity index (χ4v) is 1.12. The van der Waals surface area contributed by atoms with Gasteiger partial charge in [0.15, 0.2) is 0 Å². The minimum atomic E-state index is -0.0582. The van der Waals surface area contributed by atoms with E-state index in [-0.39, 0.29) is 6.10 Å². The van der Waals surface area contributed by atoms with Gasteiger partial charge in [0, 0.05) is 0 Å². The molecule has 2 heteroatoms. The second-order valence-electron chi connectivity index (χ2n) is 2.20. The van der Waals surface area contributed by atoms with Crippen LogP contribution in [0.2, 0.25) is 0 Å². The molecule has 56 valence electrons. The van der Waals surface area contributed by atoms with Crippen molar-refractivity contribution < 1.29 is 5.11 Å². The van der Waals surface area contributed by atoms with Crippen LogP contribution in [-0.4, -0.2) is 23.2 Å². The highest BCUT2D eigenvalue weighted by molar-refractivity contribution is 7.98. The summed E-state index contributed by atoms with van der Waals surface area (Å²) in [5.41, 5.74) is 0. The highest BCUT2D eigenvalue weighted by Crippen LogP contribution is 2.04. The minimum Gasteiger partial charge on any atom is -0.393 e. The molecule has 0 aliphatic carbocycles. The molecule has 0 saturated heterocycles. The van der Waals surface area contributed by atoms with Crippen molar-refractivity contribution >= 4 is 11.8 Å². The van der Waals surface area contributed by atoms with Crippen LogP contribution >= 0.6 is 11.8 Å². The summed E-state index contributed by atoms with van der Waals surface area (Å²) < 4.78 is 0. The summed E-state index contributed by atoms with van der Waals surface area (Å²) in [6.45, 7) is 2.02. The van der Waals surface area contributed by atoms with E-state index in [2.05, 4.69) is 6.26 Å². The Bertz CT molecular complexity index is 56.9. The topological polar surface area (TPSA) is 20.2 Å². The summed E-state index contributed by atoms with van der Waals surface area (Å²) in [5.74, 6) is 1.18. The first kappa shape index (κ1) is 9.31. The van der Waals surface area contributed by atoms with Crippen molar-refractivity contribution in [3.05, 3.63) is 0 Å². The first-order valence-electron chi connectivity index (χ1n) is 3.48. The van der Waals surface area contributed by atoms with Gasteiger partial charge in [-0.1, -0.05) is 6.92 Å². The van der Waals surface area contributed by atoms with Gasteiger partial charge < -0.3 is 5.11 Å². The van der Waals surface area contributed by atoms with Crippen molar-refractivity contribution in [1.82, 2.24) is 0 Å². The molecule has 0 aliphatic rings. The van der Waals surface area contributed by atoms with Crippen LogP contribution < -0.4 is 0 Å². The highest BCUT2D eigenvalue weighted by Gasteiger charge is 1.97. The molecule has 0 saturated carbocycles. The summed E-state index contributed by atoms with van der Waals surface area (Å²) in [6, 6.07) is 0. The molecule has 0 aliphatic heterocycles. The lowest BCUT2D eigenvalue weighted by Gasteiger charge is -2.04. The Labute approximate surface area is 61.8 Å². The molecule has 0 fully saturated rings. The lowest BCUT2D eigenvalue weighted by atomic mass is 10.2. The van der Waals surface area contributed by atoms with E-state index in [1.54, 1.807) is 0 Å². The number of rotatable bonds is 5. The quantitative estimate of drug-likeness (QED) is 0.601. The fourth-order valence-electron chi connectivity index (χ4n) is 0.667. The molecule has 0 aromatic rings. The van der Waals surface area contributed by atoms with Crippen molar-refractivity contribution in [2.24, 2.45) is 0 Å². The Morgan fingerprint density at radius 3 is 2.67 bits per heavy atom. The Morgan fingerprint density at radius 2 is 2.22 bits per heavy atom. The molecule has 1 nitrogen and oxygen atoms in total. The van der Waals surface area contributed by atoms with Crippen molar-refractivity contribution in [3.8, 4) is 0 Å². The van der Waals surface area contributed by atoms with Crippen molar-refractivity contribution in [2.75, 3.05) is 12.0 Å². The molecule has 0 aromatic carbocycles. The van der Waals surface area contributed by atoms with Crippen LogP contribution in [0.1, 0.15) is 26.2 Å². The SMILES string of the molecule is CCC(O)CCCSC. The number of hydrogen-bond acceptors (Lipinski definition) is 2. The lowest BCUT2D eigenvalue weighted by molar-refractivity contribution is 0.160. The van der Waals surface area contributed by atoms with E-state index in [1.165, 1.54) is 5.75 Å². The molecule has 1 N–H and O–H groups in total. The summed E-state index contributed by atoms with van der Waals surface area (Å²) >= 11 is 1.84. The Hall–Kier alpha value is 0.310. The smallest absolute Gasteiger partial charge is 0.0538 e. The fraction of sp³-hybridized carbons (Fsp3) is 1.00. The van der Waals surface area contributed by atoms with Crippen molar-refractivity contribution in [3.63, 3.8) is 0 Å². The number of aliphatic hydroxyl groups is 1. The van der Waals surface area contributed by atoms with Crippen LogP contribution in [0, 0.1) is 0 Å². The van der Waals surface area contributed by atoms with Gasteiger partial charge in [0.25, 0.3) is 0 Å². The maximum Gasteiger partial charge on any atom is 0.0538 e. The molecule has 0 rings (SSSR count). The zero-order valence-electron chi connectivity index (χ0n) is 6.26. The van der Waals surface area contributed by atoms with Crippen LogP contribution in [-0.2, 0) is 0 Å². The molecule has 1 unspecified atom stereocenters. The molecule has 0 radical (unpaired) electrons. The molecule has 9 heavy (non-hydrogen) atoms. The van der Waals surface area contributed by atoms with E-state index in [1.807, 2.05) is 18.7 Å². The van der Waals surface area contributed by atoms with Crippen molar-refractivity contribution in [1.29, 1.82) is 0 Å². The van der Waals surface area contributed by atoms with Crippen LogP contribution in [0.3, 0.4) is 0 Å². The third kappa shape index (κ3) is 6.19. The molecule has 0 bridgehead atoms. The Balaban J connectivity index is 2.88. The largest absolute Gasteiger partial charge is 0.393 e. The summed E-state index contributed by atoms with van der Waals surface area (Å²) in [4.78, 5) is 0. The zero-order valence-corrected chi connectivity index (χ0v) is 7.08. The first-order chi connectivity index (χ1) is 4.31. The third-order valence-corrected chi connectivity index (χ3v) is 2.05. The van der Waals surface area contributed by atoms with E-state index in [9.17, 15) is 0 Å². The second kappa shape index (κ2) is 6.43. The summed E-state index contributed by atoms with van der Waals surface area (Å²) in [7, 11) is 0. The normalized spacial score (nSPS) is 13.7. The molecule has 0 spiro atoms. The van der Waals surface area contributed by atoms with Gasteiger partial charge in [-0.15, -0.1) is 0 Å². The maximum absolute atomic E-state index is 9.08. The third-order valence-electron chi connectivity index (χ3n) is 1.36. The average molecular weight is 148 g/mol. The van der Waals surface area contributed by atoms with Crippen LogP contribution in [0.5, 0.6) is 0 Å².